The van der Waals surface area contributed by atoms with Crippen LogP contribution in [0.1, 0.15) is 38.5 Å². The van der Waals surface area contributed by atoms with Gasteiger partial charge in [-0.2, -0.15) is 4.98 Å². The highest BCUT2D eigenvalue weighted by atomic mass is 19.1. The third-order valence-corrected chi connectivity index (χ3v) is 4.37. The summed E-state index contributed by atoms with van der Waals surface area (Å²) in [7, 11) is 0. The van der Waals surface area contributed by atoms with Crippen LogP contribution in [0.15, 0.2) is 28.8 Å². The van der Waals surface area contributed by atoms with Gasteiger partial charge >= 0.3 is 0 Å². The molecule has 0 aliphatic carbocycles. The summed E-state index contributed by atoms with van der Waals surface area (Å²) < 4.78 is 24.1. The molecule has 2 heterocycles. The van der Waals surface area contributed by atoms with E-state index in [2.05, 4.69) is 10.1 Å². The molecule has 1 saturated heterocycles. The van der Waals surface area contributed by atoms with Crippen molar-refractivity contribution in [2.24, 2.45) is 0 Å². The largest absolute Gasteiger partial charge is 0.369 e. The van der Waals surface area contributed by atoms with Crippen LogP contribution in [0.5, 0.6) is 0 Å². The summed E-state index contributed by atoms with van der Waals surface area (Å²) in [6.45, 7) is 5.38. The number of aromatic nitrogens is 2. The van der Waals surface area contributed by atoms with Crippen molar-refractivity contribution in [3.63, 3.8) is 0 Å². The average Bonchev–Trinajstić information content (AvgIpc) is 3.11. The summed E-state index contributed by atoms with van der Waals surface area (Å²) in [5, 5.41) is 3.96. The van der Waals surface area contributed by atoms with Crippen molar-refractivity contribution in [3.05, 3.63) is 36.0 Å². The number of carbonyl (C=O) groups is 1. The molecule has 0 radical (unpaired) electrons. The number of benzene rings is 1. The minimum absolute atomic E-state index is 0.0127. The highest BCUT2D eigenvalue weighted by Gasteiger charge is 2.30. The van der Waals surface area contributed by atoms with Gasteiger partial charge in [-0.15, -0.1) is 0 Å². The zero-order valence-corrected chi connectivity index (χ0v) is 14.4. The maximum Gasteiger partial charge on any atom is 0.251 e. The molecule has 0 N–H and O–H groups in total. The zero-order valence-electron chi connectivity index (χ0n) is 14.4. The normalized spacial score (nSPS) is 19.0. The van der Waals surface area contributed by atoms with Crippen molar-refractivity contribution in [3.8, 4) is 11.4 Å². The predicted octanol–water partition coefficient (Wildman–Crippen LogP) is 3.01. The summed E-state index contributed by atoms with van der Waals surface area (Å²) in [6, 6.07) is 6.08. The first kappa shape index (κ1) is 17.5. The van der Waals surface area contributed by atoms with Crippen LogP contribution in [0.4, 0.5) is 4.39 Å². The van der Waals surface area contributed by atoms with Crippen molar-refractivity contribution in [1.82, 2.24) is 15.0 Å². The summed E-state index contributed by atoms with van der Waals surface area (Å²) in [6.07, 6.45) is 1.29. The number of ether oxygens (including phenoxy) is 1. The first-order chi connectivity index (χ1) is 12.1. The number of hydrogen-bond acceptors (Lipinski definition) is 5. The lowest BCUT2D eigenvalue weighted by atomic mass is 9.97. The fourth-order valence-electron chi connectivity index (χ4n) is 3.10. The van der Waals surface area contributed by atoms with E-state index in [4.69, 9.17) is 9.26 Å². The fourth-order valence-corrected chi connectivity index (χ4v) is 3.10. The SMILES string of the molecule is CCO[C@@H](C)C(=O)N1CCC[C@H](c2nc(-c3cccc(F)c3)no2)C1. The van der Waals surface area contributed by atoms with Gasteiger partial charge in [0.1, 0.15) is 11.9 Å². The second-order valence-electron chi connectivity index (χ2n) is 6.19. The first-order valence-corrected chi connectivity index (χ1v) is 8.58. The van der Waals surface area contributed by atoms with Crippen LogP contribution in [-0.2, 0) is 9.53 Å². The predicted molar refractivity (Wildman–Crippen MR) is 89.3 cm³/mol. The van der Waals surface area contributed by atoms with Gasteiger partial charge in [0, 0.05) is 25.3 Å². The Bertz CT molecular complexity index is 734. The third-order valence-electron chi connectivity index (χ3n) is 4.37. The minimum Gasteiger partial charge on any atom is -0.369 e. The van der Waals surface area contributed by atoms with Crippen LogP contribution < -0.4 is 0 Å². The van der Waals surface area contributed by atoms with Crippen molar-refractivity contribution >= 4 is 5.91 Å². The number of hydrogen-bond donors (Lipinski definition) is 0. The Hall–Kier alpha value is -2.28. The van der Waals surface area contributed by atoms with E-state index >= 15 is 0 Å². The van der Waals surface area contributed by atoms with E-state index in [9.17, 15) is 9.18 Å². The Kier molecular flexibility index (Phi) is 5.43. The summed E-state index contributed by atoms with van der Waals surface area (Å²) in [4.78, 5) is 18.6. The molecule has 0 bridgehead atoms. The van der Waals surface area contributed by atoms with Gasteiger partial charge in [0.25, 0.3) is 5.91 Å². The Morgan fingerprint density at radius 3 is 3.12 bits per heavy atom. The van der Waals surface area contributed by atoms with Crippen LogP contribution >= 0.6 is 0 Å². The van der Waals surface area contributed by atoms with Crippen LogP contribution in [0, 0.1) is 5.82 Å². The molecule has 7 heteroatoms. The molecule has 25 heavy (non-hydrogen) atoms. The van der Waals surface area contributed by atoms with Gasteiger partial charge in [0.15, 0.2) is 0 Å². The maximum absolute atomic E-state index is 13.4. The van der Waals surface area contributed by atoms with E-state index in [0.29, 0.717) is 37.0 Å². The van der Waals surface area contributed by atoms with E-state index in [-0.39, 0.29) is 17.6 Å². The van der Waals surface area contributed by atoms with Gasteiger partial charge in [-0.3, -0.25) is 4.79 Å². The molecule has 1 amide bonds. The van der Waals surface area contributed by atoms with Crippen LogP contribution in [0.3, 0.4) is 0 Å². The smallest absolute Gasteiger partial charge is 0.251 e. The first-order valence-electron chi connectivity index (χ1n) is 8.58. The van der Waals surface area contributed by atoms with Crippen LogP contribution in [0.2, 0.25) is 0 Å². The van der Waals surface area contributed by atoms with Gasteiger partial charge in [-0.25, -0.2) is 4.39 Å². The minimum atomic E-state index is -0.450. The van der Waals surface area contributed by atoms with E-state index in [1.165, 1.54) is 12.1 Å². The van der Waals surface area contributed by atoms with E-state index in [1.54, 1.807) is 24.0 Å². The number of carbonyl (C=O) groups excluding carboxylic acids is 1. The van der Waals surface area contributed by atoms with E-state index in [1.807, 2.05) is 6.92 Å². The molecule has 1 aliphatic rings. The van der Waals surface area contributed by atoms with Gasteiger partial charge < -0.3 is 14.2 Å². The molecule has 1 aromatic carbocycles. The van der Waals surface area contributed by atoms with Crippen LogP contribution in [0.25, 0.3) is 11.4 Å². The van der Waals surface area contributed by atoms with E-state index < -0.39 is 6.10 Å². The number of likely N-dealkylation sites (tertiary alicyclic amines) is 1. The number of halogens is 1. The lowest BCUT2D eigenvalue weighted by molar-refractivity contribution is -0.143. The highest BCUT2D eigenvalue weighted by Crippen LogP contribution is 2.28. The monoisotopic (exact) mass is 347 g/mol. The molecule has 3 rings (SSSR count). The highest BCUT2D eigenvalue weighted by molar-refractivity contribution is 5.80. The molecule has 0 spiro atoms. The average molecular weight is 347 g/mol. The molecular weight excluding hydrogens is 325 g/mol. The molecule has 2 aromatic rings. The molecule has 134 valence electrons. The molecule has 6 nitrogen and oxygen atoms in total. The lowest BCUT2D eigenvalue weighted by Gasteiger charge is -2.32. The van der Waals surface area contributed by atoms with Crippen molar-refractivity contribution in [1.29, 1.82) is 0 Å². The van der Waals surface area contributed by atoms with Crippen LogP contribution in [-0.4, -0.2) is 46.7 Å². The van der Waals surface area contributed by atoms with Gasteiger partial charge in [-0.05, 0) is 38.8 Å². The summed E-state index contributed by atoms with van der Waals surface area (Å²) in [5.74, 6) is 0.474. The third kappa shape index (κ3) is 4.04. The maximum atomic E-state index is 13.4. The van der Waals surface area contributed by atoms with Crippen molar-refractivity contribution in [2.45, 2.75) is 38.7 Å². The molecule has 1 aliphatic heterocycles. The molecule has 0 unspecified atom stereocenters. The van der Waals surface area contributed by atoms with Gasteiger partial charge in [0.2, 0.25) is 11.7 Å². The molecule has 2 atom stereocenters. The second-order valence-corrected chi connectivity index (χ2v) is 6.19. The second kappa shape index (κ2) is 7.74. The standard InChI is InChI=1S/C18H22FN3O3/c1-3-24-12(2)18(23)22-9-5-7-14(11-22)17-20-16(21-25-17)13-6-4-8-15(19)10-13/h4,6,8,10,12,14H,3,5,7,9,11H2,1-2H3/t12-,14-/m0/s1. The van der Waals surface area contributed by atoms with Gasteiger partial charge in [-0.1, -0.05) is 17.3 Å². The summed E-state index contributed by atoms with van der Waals surface area (Å²) >= 11 is 0. The summed E-state index contributed by atoms with van der Waals surface area (Å²) in [5.41, 5.74) is 0.573. The number of amides is 1. The molecular formula is C18H22FN3O3. The Morgan fingerprint density at radius 2 is 2.36 bits per heavy atom. The Morgan fingerprint density at radius 1 is 1.52 bits per heavy atom. The number of nitrogens with zero attached hydrogens (tertiary/aromatic N) is 3. The molecule has 0 saturated carbocycles. The zero-order chi connectivity index (χ0) is 17.8. The van der Waals surface area contributed by atoms with Crippen molar-refractivity contribution < 1.29 is 18.4 Å². The molecule has 1 fully saturated rings. The molecule has 1 aromatic heterocycles. The topological polar surface area (TPSA) is 68.5 Å². The van der Waals surface area contributed by atoms with Crippen molar-refractivity contribution in [2.75, 3.05) is 19.7 Å². The number of piperidine rings is 1. The van der Waals surface area contributed by atoms with Gasteiger partial charge in [0.05, 0.1) is 5.92 Å². The lowest BCUT2D eigenvalue weighted by Crippen LogP contribution is -2.44. The van der Waals surface area contributed by atoms with E-state index in [0.717, 1.165) is 12.8 Å². The quantitative estimate of drug-likeness (QED) is 0.832. The number of rotatable bonds is 5. The Balaban J connectivity index is 1.71. The fraction of sp³-hybridized carbons (Fsp3) is 0.500. The Labute approximate surface area is 146 Å².